The molecule has 3 unspecified atom stereocenters. The van der Waals surface area contributed by atoms with Gasteiger partial charge in [0, 0.05) is 0 Å². The van der Waals surface area contributed by atoms with Gasteiger partial charge < -0.3 is 20.6 Å². The highest BCUT2D eigenvalue weighted by molar-refractivity contribution is 5.80. The number of aliphatic hydroxyl groups is 3. The standard InChI is InChI=1S/C58H117NO4/c1-3-5-7-9-11-13-15-17-19-21-22-23-24-25-26-27-28-29-30-31-32-33-34-35-37-39-41-43-45-47-49-51-53-57(62)58(63)59-55(54-60)56(61)52-50-48-46-44-42-40-38-36-20-18-16-14-12-10-8-6-4-2/h55-57,60-62H,3-54H2,1-2H3,(H,59,63). The molecule has 63 heavy (non-hydrogen) atoms. The van der Waals surface area contributed by atoms with Gasteiger partial charge in [-0.2, -0.15) is 0 Å². The molecule has 0 rings (SSSR count). The zero-order valence-electron chi connectivity index (χ0n) is 43.3. The van der Waals surface area contributed by atoms with Crippen molar-refractivity contribution >= 4 is 5.91 Å². The summed E-state index contributed by atoms with van der Waals surface area (Å²) in [6, 6.07) is -0.707. The number of amides is 1. The van der Waals surface area contributed by atoms with Gasteiger partial charge in [-0.3, -0.25) is 4.79 Å². The Labute approximate surface area is 396 Å². The summed E-state index contributed by atoms with van der Waals surface area (Å²) in [7, 11) is 0. The highest BCUT2D eigenvalue weighted by atomic mass is 16.3. The Morgan fingerprint density at radius 2 is 0.508 bits per heavy atom. The second kappa shape index (κ2) is 54.0. The largest absolute Gasteiger partial charge is 0.394 e. The van der Waals surface area contributed by atoms with E-state index >= 15 is 0 Å². The number of nitrogens with one attached hydrogen (secondary N) is 1. The molecule has 378 valence electrons. The van der Waals surface area contributed by atoms with E-state index in [0.29, 0.717) is 12.8 Å². The molecular weight excluding hydrogens is 775 g/mol. The van der Waals surface area contributed by atoms with Crippen LogP contribution in [0.15, 0.2) is 0 Å². The average molecular weight is 893 g/mol. The first kappa shape index (κ1) is 62.4. The summed E-state index contributed by atoms with van der Waals surface area (Å²) < 4.78 is 0. The van der Waals surface area contributed by atoms with Crippen LogP contribution in [0.5, 0.6) is 0 Å². The molecule has 4 N–H and O–H groups in total. The molecule has 5 nitrogen and oxygen atoms in total. The molecule has 1 amide bonds. The number of rotatable bonds is 55. The molecule has 0 fully saturated rings. The van der Waals surface area contributed by atoms with Crippen molar-refractivity contribution in [2.45, 2.75) is 360 Å². The van der Waals surface area contributed by atoms with Crippen LogP contribution in [0.1, 0.15) is 341 Å². The maximum atomic E-state index is 12.6. The fraction of sp³-hybridized carbons (Fsp3) is 0.983. The number of carbonyl (C=O) groups excluding carboxylic acids is 1. The Bertz CT molecular complexity index is 853. The lowest BCUT2D eigenvalue weighted by Gasteiger charge is -2.23. The van der Waals surface area contributed by atoms with Crippen LogP contribution in [0.25, 0.3) is 0 Å². The third-order valence-corrected chi connectivity index (χ3v) is 14.2. The van der Waals surface area contributed by atoms with Gasteiger partial charge in [0.05, 0.1) is 18.8 Å². The van der Waals surface area contributed by atoms with Gasteiger partial charge in [-0.15, -0.1) is 0 Å². The van der Waals surface area contributed by atoms with Crippen molar-refractivity contribution in [3.05, 3.63) is 0 Å². The van der Waals surface area contributed by atoms with Crippen molar-refractivity contribution in [2.24, 2.45) is 0 Å². The average Bonchev–Trinajstić information content (AvgIpc) is 3.29. The van der Waals surface area contributed by atoms with Gasteiger partial charge in [0.25, 0.3) is 0 Å². The maximum absolute atomic E-state index is 12.6. The van der Waals surface area contributed by atoms with E-state index in [0.717, 1.165) is 32.1 Å². The molecule has 0 saturated carbocycles. The Morgan fingerprint density at radius 3 is 0.714 bits per heavy atom. The van der Waals surface area contributed by atoms with Crippen LogP contribution < -0.4 is 5.32 Å². The van der Waals surface area contributed by atoms with E-state index in [1.165, 1.54) is 283 Å². The van der Waals surface area contributed by atoms with E-state index in [-0.39, 0.29) is 6.61 Å². The van der Waals surface area contributed by atoms with Gasteiger partial charge in [-0.1, -0.05) is 328 Å². The molecule has 3 atom stereocenters. The number of aliphatic hydroxyl groups excluding tert-OH is 3. The van der Waals surface area contributed by atoms with Crippen LogP contribution in [-0.2, 0) is 4.79 Å². The van der Waals surface area contributed by atoms with Crippen LogP contribution >= 0.6 is 0 Å². The van der Waals surface area contributed by atoms with E-state index in [2.05, 4.69) is 19.2 Å². The van der Waals surface area contributed by atoms with Crippen LogP contribution in [0.2, 0.25) is 0 Å². The third-order valence-electron chi connectivity index (χ3n) is 14.2. The predicted molar refractivity (Wildman–Crippen MR) is 278 cm³/mol. The van der Waals surface area contributed by atoms with E-state index < -0.39 is 24.2 Å². The predicted octanol–water partition coefficient (Wildman–Crippen LogP) is 18.1. The number of hydrogen-bond donors (Lipinski definition) is 4. The summed E-state index contributed by atoms with van der Waals surface area (Å²) in [5.41, 5.74) is 0. The quantitative estimate of drug-likeness (QED) is 0.0458. The summed E-state index contributed by atoms with van der Waals surface area (Å²) in [6.07, 6.45) is 66.0. The topological polar surface area (TPSA) is 89.8 Å². The molecule has 0 aliphatic heterocycles. The number of carbonyl (C=O) groups is 1. The third kappa shape index (κ3) is 49.1. The van der Waals surface area contributed by atoms with Gasteiger partial charge >= 0.3 is 0 Å². The Morgan fingerprint density at radius 1 is 0.317 bits per heavy atom. The lowest BCUT2D eigenvalue weighted by Crippen LogP contribution is -2.49. The molecule has 0 aliphatic rings. The minimum absolute atomic E-state index is 0.307. The van der Waals surface area contributed by atoms with Crippen molar-refractivity contribution in [1.82, 2.24) is 5.32 Å². The van der Waals surface area contributed by atoms with Gasteiger partial charge in [0.15, 0.2) is 0 Å². The summed E-state index contributed by atoms with van der Waals surface area (Å²) >= 11 is 0. The summed E-state index contributed by atoms with van der Waals surface area (Å²) in [5.74, 6) is -0.462. The fourth-order valence-electron chi connectivity index (χ4n) is 9.67. The molecule has 5 heteroatoms. The molecule has 0 spiro atoms. The Balaban J connectivity index is 3.44. The molecule has 0 heterocycles. The highest BCUT2D eigenvalue weighted by Gasteiger charge is 2.23. The second-order valence-electron chi connectivity index (χ2n) is 20.6. The smallest absolute Gasteiger partial charge is 0.249 e. The van der Waals surface area contributed by atoms with Crippen LogP contribution in [0, 0.1) is 0 Å². The monoisotopic (exact) mass is 892 g/mol. The zero-order chi connectivity index (χ0) is 45.8. The van der Waals surface area contributed by atoms with Crippen molar-refractivity contribution in [3.63, 3.8) is 0 Å². The van der Waals surface area contributed by atoms with Crippen molar-refractivity contribution in [1.29, 1.82) is 0 Å². The molecule has 0 aromatic carbocycles. The normalized spacial score (nSPS) is 13.2. The first-order chi connectivity index (χ1) is 31.1. The van der Waals surface area contributed by atoms with E-state index in [4.69, 9.17) is 0 Å². The molecule has 0 aromatic heterocycles. The molecule has 0 saturated heterocycles. The lowest BCUT2D eigenvalue weighted by atomic mass is 10.0. The summed E-state index contributed by atoms with van der Waals surface area (Å²) in [5, 5.41) is 33.5. The Kier molecular flexibility index (Phi) is 53.4. The highest BCUT2D eigenvalue weighted by Crippen LogP contribution is 2.19. The van der Waals surface area contributed by atoms with Crippen LogP contribution in [-0.4, -0.2) is 46.1 Å². The molecule has 0 aliphatic carbocycles. The molecule has 0 aromatic rings. The van der Waals surface area contributed by atoms with Crippen molar-refractivity contribution < 1.29 is 20.1 Å². The number of unbranched alkanes of at least 4 members (excludes halogenated alkanes) is 47. The van der Waals surface area contributed by atoms with Crippen LogP contribution in [0.4, 0.5) is 0 Å². The van der Waals surface area contributed by atoms with Gasteiger partial charge in [-0.25, -0.2) is 0 Å². The Hall–Kier alpha value is -0.650. The van der Waals surface area contributed by atoms with Crippen LogP contribution in [0.3, 0.4) is 0 Å². The second-order valence-corrected chi connectivity index (χ2v) is 20.6. The zero-order valence-corrected chi connectivity index (χ0v) is 43.3. The van der Waals surface area contributed by atoms with Crippen molar-refractivity contribution in [3.8, 4) is 0 Å². The number of hydrogen-bond acceptors (Lipinski definition) is 4. The maximum Gasteiger partial charge on any atom is 0.249 e. The minimum atomic E-state index is -1.07. The van der Waals surface area contributed by atoms with Gasteiger partial charge in [0.1, 0.15) is 6.10 Å². The summed E-state index contributed by atoms with van der Waals surface area (Å²) in [4.78, 5) is 12.6. The van der Waals surface area contributed by atoms with E-state index in [1.54, 1.807) is 0 Å². The lowest BCUT2D eigenvalue weighted by molar-refractivity contribution is -0.131. The fourth-order valence-corrected chi connectivity index (χ4v) is 9.67. The SMILES string of the molecule is CCCCCCCCCCCCCCCCCCCCCCCCCCCCCCCCCCC(O)C(=O)NC(CO)C(O)CCCCCCCCCCCCCCCCCCC. The minimum Gasteiger partial charge on any atom is -0.394 e. The first-order valence-corrected chi connectivity index (χ1v) is 29.3. The van der Waals surface area contributed by atoms with E-state index in [9.17, 15) is 20.1 Å². The summed E-state index contributed by atoms with van der Waals surface area (Å²) in [6.45, 7) is 4.28. The first-order valence-electron chi connectivity index (χ1n) is 29.3. The van der Waals surface area contributed by atoms with Crippen molar-refractivity contribution in [2.75, 3.05) is 6.61 Å². The van der Waals surface area contributed by atoms with Gasteiger partial charge in [0.2, 0.25) is 5.91 Å². The molecular formula is C58H117NO4. The van der Waals surface area contributed by atoms with Gasteiger partial charge in [-0.05, 0) is 12.8 Å². The van der Waals surface area contributed by atoms with E-state index in [1.807, 2.05) is 0 Å². The molecule has 0 radical (unpaired) electrons. The molecule has 0 bridgehead atoms.